The number of aliphatic hydroxyl groups is 1. The van der Waals surface area contributed by atoms with Crippen molar-refractivity contribution in [3.63, 3.8) is 0 Å². The van der Waals surface area contributed by atoms with Crippen LogP contribution in [0.25, 0.3) is 0 Å². The molecular weight excluding hydrogens is 620 g/mol. The van der Waals surface area contributed by atoms with Crippen LogP contribution in [0.2, 0.25) is 10.0 Å². The fourth-order valence-corrected chi connectivity index (χ4v) is 5.41. The maximum Gasteiger partial charge on any atom is 0.390 e. The number of carbonyl (C=O) groups excluding carboxylic acids is 2. The van der Waals surface area contributed by atoms with E-state index in [0.717, 1.165) is 6.07 Å². The van der Waals surface area contributed by atoms with E-state index < -0.39 is 41.7 Å². The van der Waals surface area contributed by atoms with Gasteiger partial charge in [0.1, 0.15) is 0 Å². The molecule has 3 N–H and O–H groups in total. The number of amides is 3. The Bertz CT molecular complexity index is 1320. The number of hydrogen-bond acceptors (Lipinski definition) is 5. The van der Waals surface area contributed by atoms with E-state index in [0.29, 0.717) is 57.8 Å². The van der Waals surface area contributed by atoms with E-state index in [1.807, 2.05) is 4.90 Å². The Balaban J connectivity index is 1.41. The lowest BCUT2D eigenvalue weighted by molar-refractivity contribution is -0.138. The van der Waals surface area contributed by atoms with Gasteiger partial charge in [0.05, 0.1) is 33.4 Å². The number of nitrogens with one attached hydrogen (secondary N) is 2. The fraction of sp³-hybridized carbons (Fsp3) is 0.500. The largest absolute Gasteiger partial charge is 0.396 e. The Kier molecular flexibility index (Phi) is 11.0. The van der Waals surface area contributed by atoms with E-state index in [1.54, 1.807) is 9.80 Å². The van der Waals surface area contributed by atoms with Crippen molar-refractivity contribution in [2.24, 2.45) is 5.92 Å². The molecule has 0 saturated carbocycles. The number of piperazine rings is 1. The van der Waals surface area contributed by atoms with Crippen LogP contribution in [0.15, 0.2) is 24.3 Å². The lowest BCUT2D eigenvalue weighted by Gasteiger charge is -2.37. The molecule has 0 aromatic heterocycles. The quantitative estimate of drug-likeness (QED) is 0.328. The standard InChI is InChI=1S/C28H32Cl2F5N5O3/c29-20-13-22(23(14-21(20)30)39-11-9-38(10-12-39)8-5-28(33,34)35)37-26(42)19-2-1-18(24(31)25(19)32)15-36-27(43)40-6-3-17(16-41)4-7-40/h1-2,13-14,17,41H,3-12,15-16H2,(H,36,43)(H,37,42). The van der Waals surface area contributed by atoms with Gasteiger partial charge in [-0.3, -0.25) is 9.69 Å². The van der Waals surface area contributed by atoms with Gasteiger partial charge >= 0.3 is 12.2 Å². The van der Waals surface area contributed by atoms with Gasteiger partial charge in [0.25, 0.3) is 5.91 Å². The average Bonchev–Trinajstić information content (AvgIpc) is 2.98. The van der Waals surface area contributed by atoms with Crippen LogP contribution in [-0.2, 0) is 6.54 Å². The Labute approximate surface area is 255 Å². The zero-order chi connectivity index (χ0) is 31.3. The average molecular weight is 652 g/mol. The fourth-order valence-electron chi connectivity index (χ4n) is 5.09. The molecule has 0 unspecified atom stereocenters. The van der Waals surface area contributed by atoms with E-state index in [2.05, 4.69) is 10.6 Å². The first-order chi connectivity index (χ1) is 20.4. The maximum absolute atomic E-state index is 15.0. The van der Waals surface area contributed by atoms with Crippen LogP contribution in [0.4, 0.5) is 38.1 Å². The maximum atomic E-state index is 15.0. The number of halogens is 7. The van der Waals surface area contributed by atoms with Gasteiger partial charge in [0.15, 0.2) is 11.6 Å². The number of likely N-dealkylation sites (tertiary alicyclic amines) is 1. The summed E-state index contributed by atoms with van der Waals surface area (Å²) in [5, 5.41) is 14.6. The molecule has 4 rings (SSSR count). The second-order valence-corrected chi connectivity index (χ2v) is 11.4. The number of rotatable bonds is 8. The van der Waals surface area contributed by atoms with E-state index in [9.17, 15) is 32.3 Å². The summed E-state index contributed by atoms with van der Waals surface area (Å²) in [4.78, 5) is 30.5. The molecule has 2 aliphatic heterocycles. The number of benzene rings is 2. The molecule has 2 heterocycles. The minimum absolute atomic E-state index is 0.0532. The Morgan fingerprint density at radius 1 is 0.953 bits per heavy atom. The van der Waals surface area contributed by atoms with Crippen LogP contribution in [0, 0.1) is 17.6 Å². The van der Waals surface area contributed by atoms with Crippen molar-refractivity contribution >= 4 is 46.5 Å². The molecule has 15 heteroatoms. The highest BCUT2D eigenvalue weighted by Crippen LogP contribution is 2.36. The first kappa shape index (κ1) is 33.0. The summed E-state index contributed by atoms with van der Waals surface area (Å²) in [6.45, 7) is 1.85. The van der Waals surface area contributed by atoms with Crippen LogP contribution in [0.3, 0.4) is 0 Å². The van der Waals surface area contributed by atoms with E-state index in [4.69, 9.17) is 23.2 Å². The predicted molar refractivity (Wildman–Crippen MR) is 154 cm³/mol. The molecule has 0 bridgehead atoms. The first-order valence-electron chi connectivity index (χ1n) is 13.8. The lowest BCUT2D eigenvalue weighted by atomic mass is 9.98. The van der Waals surface area contributed by atoms with Crippen molar-refractivity contribution in [2.45, 2.75) is 32.0 Å². The third kappa shape index (κ3) is 8.62. The van der Waals surface area contributed by atoms with E-state index in [1.165, 1.54) is 18.2 Å². The molecule has 2 aliphatic rings. The lowest BCUT2D eigenvalue weighted by Crippen LogP contribution is -2.47. The second kappa shape index (κ2) is 14.3. The van der Waals surface area contributed by atoms with Gasteiger partial charge in [-0.15, -0.1) is 0 Å². The molecule has 0 aliphatic carbocycles. The van der Waals surface area contributed by atoms with Gasteiger partial charge in [0, 0.05) is 64.5 Å². The van der Waals surface area contributed by atoms with Gasteiger partial charge < -0.3 is 25.5 Å². The van der Waals surface area contributed by atoms with Gasteiger partial charge in [-0.05, 0) is 37.0 Å². The van der Waals surface area contributed by atoms with Crippen molar-refractivity contribution in [1.29, 1.82) is 0 Å². The van der Waals surface area contributed by atoms with Crippen molar-refractivity contribution < 1.29 is 36.6 Å². The summed E-state index contributed by atoms with van der Waals surface area (Å²) in [7, 11) is 0. The van der Waals surface area contributed by atoms with E-state index in [-0.39, 0.29) is 46.9 Å². The number of alkyl halides is 3. The molecule has 2 saturated heterocycles. The van der Waals surface area contributed by atoms with E-state index >= 15 is 4.39 Å². The summed E-state index contributed by atoms with van der Waals surface area (Å²) < 4.78 is 67.8. The molecule has 0 spiro atoms. The highest BCUT2D eigenvalue weighted by atomic mass is 35.5. The summed E-state index contributed by atoms with van der Waals surface area (Å²) in [5.74, 6) is -3.50. The minimum Gasteiger partial charge on any atom is -0.396 e. The minimum atomic E-state index is -4.25. The first-order valence-corrected chi connectivity index (χ1v) is 14.6. The number of urea groups is 1. The highest BCUT2D eigenvalue weighted by Gasteiger charge is 2.30. The number of aliphatic hydroxyl groups excluding tert-OH is 1. The normalized spacial score (nSPS) is 16.8. The SMILES string of the molecule is O=C(Nc1cc(Cl)c(Cl)cc1N1CCN(CCC(F)(F)F)CC1)c1ccc(CNC(=O)N2CCC(CO)CC2)c(F)c1F. The van der Waals surface area contributed by atoms with Crippen LogP contribution >= 0.6 is 23.2 Å². The number of carbonyl (C=O) groups is 2. The molecule has 3 amide bonds. The van der Waals surface area contributed by atoms with Gasteiger partial charge in [-0.25, -0.2) is 13.6 Å². The zero-order valence-corrected chi connectivity index (χ0v) is 24.6. The number of piperidine rings is 1. The third-order valence-electron chi connectivity index (χ3n) is 7.71. The molecule has 236 valence electrons. The molecule has 2 aromatic rings. The highest BCUT2D eigenvalue weighted by molar-refractivity contribution is 6.42. The van der Waals surface area contributed by atoms with Crippen LogP contribution < -0.4 is 15.5 Å². The molecule has 43 heavy (non-hydrogen) atoms. The Morgan fingerprint density at radius 2 is 1.60 bits per heavy atom. The summed E-state index contributed by atoms with van der Waals surface area (Å²) >= 11 is 12.4. The Morgan fingerprint density at radius 3 is 2.23 bits per heavy atom. The number of nitrogens with zero attached hydrogens (tertiary/aromatic N) is 3. The number of hydrogen-bond donors (Lipinski definition) is 3. The smallest absolute Gasteiger partial charge is 0.390 e. The van der Waals surface area contributed by atoms with Crippen molar-refractivity contribution in [2.75, 3.05) is 62.6 Å². The topological polar surface area (TPSA) is 88.2 Å². The summed E-state index contributed by atoms with van der Waals surface area (Å²) in [6, 6.07) is 4.75. The van der Waals surface area contributed by atoms with Gasteiger partial charge in [-0.2, -0.15) is 13.2 Å². The summed E-state index contributed by atoms with van der Waals surface area (Å²) in [6.07, 6.45) is -3.87. The second-order valence-electron chi connectivity index (χ2n) is 10.6. The molecule has 8 nitrogen and oxygen atoms in total. The summed E-state index contributed by atoms with van der Waals surface area (Å²) in [5.41, 5.74) is -0.121. The van der Waals surface area contributed by atoms with Gasteiger partial charge in [0.2, 0.25) is 0 Å². The van der Waals surface area contributed by atoms with Crippen molar-refractivity contribution in [3.05, 3.63) is 57.1 Å². The van der Waals surface area contributed by atoms with Crippen molar-refractivity contribution in [3.8, 4) is 0 Å². The molecule has 2 aromatic carbocycles. The molecular formula is C28H32Cl2F5N5O3. The molecule has 2 fully saturated rings. The number of anilines is 2. The zero-order valence-electron chi connectivity index (χ0n) is 23.1. The van der Waals surface area contributed by atoms with Crippen LogP contribution in [0.5, 0.6) is 0 Å². The third-order valence-corrected chi connectivity index (χ3v) is 8.43. The predicted octanol–water partition coefficient (Wildman–Crippen LogP) is 5.51. The van der Waals surface area contributed by atoms with Crippen molar-refractivity contribution in [1.82, 2.24) is 15.1 Å². The van der Waals surface area contributed by atoms with Crippen LogP contribution in [-0.4, -0.2) is 85.4 Å². The molecule has 0 radical (unpaired) electrons. The monoisotopic (exact) mass is 651 g/mol. The van der Waals surface area contributed by atoms with Crippen LogP contribution in [0.1, 0.15) is 35.2 Å². The molecule has 0 atom stereocenters. The Hall–Kier alpha value is -2.87. The van der Waals surface area contributed by atoms with Gasteiger partial charge in [-0.1, -0.05) is 29.3 Å².